The Morgan fingerprint density at radius 1 is 1.14 bits per heavy atom. The smallest absolute Gasteiger partial charge is 0.179 e. The number of sulfone groups is 1. The molecule has 0 aliphatic rings. The first-order chi connectivity index (χ1) is 10.3. The molecule has 0 unspecified atom stereocenters. The van der Waals surface area contributed by atoms with E-state index in [9.17, 15) is 8.42 Å². The van der Waals surface area contributed by atoms with E-state index in [0.717, 1.165) is 6.42 Å². The van der Waals surface area contributed by atoms with Crippen LogP contribution in [0.5, 0.6) is 0 Å². The van der Waals surface area contributed by atoms with Gasteiger partial charge in [-0.15, -0.1) is 0 Å². The van der Waals surface area contributed by atoms with Crippen molar-refractivity contribution in [1.29, 1.82) is 0 Å². The molecule has 1 N–H and O–H groups in total. The number of hydrogen-bond acceptors (Lipinski definition) is 4. The van der Waals surface area contributed by atoms with Crippen LogP contribution in [-0.4, -0.2) is 26.2 Å². The number of nitrogens with zero attached hydrogens (tertiary/aromatic N) is 1. The van der Waals surface area contributed by atoms with Crippen molar-refractivity contribution in [3.05, 3.63) is 52.7 Å². The summed E-state index contributed by atoms with van der Waals surface area (Å²) >= 11 is 0. The van der Waals surface area contributed by atoms with E-state index < -0.39 is 9.84 Å². The lowest BCUT2D eigenvalue weighted by atomic mass is 9.97. The number of nitrogens with one attached hydrogen (secondary N) is 1. The lowest BCUT2D eigenvalue weighted by Crippen LogP contribution is -2.12. The van der Waals surface area contributed by atoms with Gasteiger partial charge in [-0.1, -0.05) is 17.7 Å². The van der Waals surface area contributed by atoms with E-state index in [2.05, 4.69) is 43.2 Å². The molecule has 0 aliphatic carbocycles. The van der Waals surface area contributed by atoms with Gasteiger partial charge >= 0.3 is 0 Å². The maximum atomic E-state index is 11.8. The van der Waals surface area contributed by atoms with Crippen molar-refractivity contribution in [3.8, 4) is 0 Å². The van der Waals surface area contributed by atoms with Gasteiger partial charge in [-0.25, -0.2) is 13.4 Å². The van der Waals surface area contributed by atoms with Gasteiger partial charge in [0.15, 0.2) is 9.84 Å². The van der Waals surface area contributed by atoms with E-state index >= 15 is 0 Å². The normalized spacial score (nSPS) is 11.5. The van der Waals surface area contributed by atoms with Crippen LogP contribution in [0.3, 0.4) is 0 Å². The van der Waals surface area contributed by atoms with Crippen molar-refractivity contribution in [2.45, 2.75) is 32.1 Å². The molecule has 1 aromatic heterocycles. The Balaban J connectivity index is 2.13. The van der Waals surface area contributed by atoms with Crippen LogP contribution in [0.1, 0.15) is 22.3 Å². The van der Waals surface area contributed by atoms with Crippen LogP contribution >= 0.6 is 0 Å². The lowest BCUT2D eigenvalue weighted by molar-refractivity contribution is 0.601. The fourth-order valence-corrected chi connectivity index (χ4v) is 3.53. The van der Waals surface area contributed by atoms with Crippen LogP contribution in [0.2, 0.25) is 0 Å². The van der Waals surface area contributed by atoms with Gasteiger partial charge in [-0.3, -0.25) is 0 Å². The summed E-state index contributed by atoms with van der Waals surface area (Å²) in [5.41, 5.74) is 5.10. The second-order valence-corrected chi connectivity index (χ2v) is 7.66. The Bertz CT molecular complexity index is 760. The first-order valence-electron chi connectivity index (χ1n) is 7.24. The Morgan fingerprint density at radius 3 is 2.36 bits per heavy atom. The standard InChI is InChI=1S/C17H22N2O2S/c1-12-10-13(2)15(14(3)11-12)7-9-19-17-16(22(4,20)21)6-5-8-18-17/h5-6,8,10-11H,7,9H2,1-4H3,(H,18,19). The van der Waals surface area contributed by atoms with E-state index in [-0.39, 0.29) is 4.90 Å². The number of pyridine rings is 1. The lowest BCUT2D eigenvalue weighted by Gasteiger charge is -2.13. The monoisotopic (exact) mass is 318 g/mol. The highest BCUT2D eigenvalue weighted by Gasteiger charge is 2.13. The molecule has 0 bridgehead atoms. The largest absolute Gasteiger partial charge is 0.369 e. The minimum atomic E-state index is -3.28. The summed E-state index contributed by atoms with van der Waals surface area (Å²) in [6, 6.07) is 7.55. The second kappa shape index (κ2) is 6.48. The maximum absolute atomic E-state index is 11.8. The van der Waals surface area contributed by atoms with Crippen molar-refractivity contribution < 1.29 is 8.42 Å². The van der Waals surface area contributed by atoms with E-state index in [1.54, 1.807) is 18.3 Å². The molecule has 5 heteroatoms. The molecule has 0 radical (unpaired) electrons. The summed E-state index contributed by atoms with van der Waals surface area (Å²) in [5, 5.41) is 3.15. The fraction of sp³-hybridized carbons (Fsp3) is 0.353. The molecule has 2 aromatic rings. The molecule has 118 valence electrons. The van der Waals surface area contributed by atoms with Crippen LogP contribution in [0, 0.1) is 20.8 Å². The Hall–Kier alpha value is -1.88. The number of aromatic nitrogens is 1. The highest BCUT2D eigenvalue weighted by atomic mass is 32.2. The summed E-state index contributed by atoms with van der Waals surface area (Å²) < 4.78 is 23.5. The molecule has 22 heavy (non-hydrogen) atoms. The zero-order valence-corrected chi connectivity index (χ0v) is 14.3. The molecule has 1 aromatic carbocycles. The van der Waals surface area contributed by atoms with Gasteiger partial charge in [0.2, 0.25) is 0 Å². The second-order valence-electron chi connectivity index (χ2n) is 5.68. The third-order valence-electron chi connectivity index (χ3n) is 3.68. The molecular weight excluding hydrogens is 296 g/mol. The third kappa shape index (κ3) is 3.85. The van der Waals surface area contributed by atoms with Gasteiger partial charge in [0.25, 0.3) is 0 Å². The average molecular weight is 318 g/mol. The van der Waals surface area contributed by atoms with Crippen LogP contribution in [0.15, 0.2) is 35.4 Å². The van der Waals surface area contributed by atoms with Gasteiger partial charge < -0.3 is 5.32 Å². The van der Waals surface area contributed by atoms with E-state index in [4.69, 9.17) is 0 Å². The van der Waals surface area contributed by atoms with Crippen molar-refractivity contribution in [2.75, 3.05) is 18.1 Å². The number of aryl methyl sites for hydroxylation is 3. The highest BCUT2D eigenvalue weighted by Crippen LogP contribution is 2.19. The zero-order valence-electron chi connectivity index (χ0n) is 13.5. The molecule has 0 saturated carbocycles. The van der Waals surface area contributed by atoms with Crippen molar-refractivity contribution in [3.63, 3.8) is 0 Å². The first kappa shape index (κ1) is 16.5. The van der Waals surface area contributed by atoms with Crippen molar-refractivity contribution in [1.82, 2.24) is 4.98 Å². The number of benzene rings is 1. The molecule has 0 saturated heterocycles. The van der Waals surface area contributed by atoms with E-state index in [1.165, 1.54) is 28.5 Å². The third-order valence-corrected chi connectivity index (χ3v) is 4.81. The van der Waals surface area contributed by atoms with Crippen molar-refractivity contribution >= 4 is 15.7 Å². The first-order valence-corrected chi connectivity index (χ1v) is 9.14. The van der Waals surface area contributed by atoms with Gasteiger partial charge in [0.05, 0.1) is 0 Å². The Morgan fingerprint density at radius 2 is 1.77 bits per heavy atom. The molecular formula is C17H22N2O2S. The predicted octanol–water partition coefficient (Wildman–Crippen LogP) is 3.06. The molecule has 0 aliphatic heterocycles. The summed E-state index contributed by atoms with van der Waals surface area (Å²) in [4.78, 5) is 4.39. The minimum Gasteiger partial charge on any atom is -0.369 e. The fourth-order valence-electron chi connectivity index (χ4n) is 2.73. The Labute approximate surface area is 132 Å². The molecule has 0 fully saturated rings. The zero-order chi connectivity index (χ0) is 16.3. The van der Waals surface area contributed by atoms with Crippen LogP contribution < -0.4 is 5.32 Å². The van der Waals surface area contributed by atoms with Crippen molar-refractivity contribution in [2.24, 2.45) is 0 Å². The topological polar surface area (TPSA) is 59.1 Å². The summed E-state index contributed by atoms with van der Waals surface area (Å²) in [6.45, 7) is 6.95. The molecule has 4 nitrogen and oxygen atoms in total. The highest BCUT2D eigenvalue weighted by molar-refractivity contribution is 7.90. The van der Waals surface area contributed by atoms with Gasteiger partial charge in [-0.05, 0) is 56.0 Å². The molecule has 1 heterocycles. The van der Waals surface area contributed by atoms with Gasteiger partial charge in [0, 0.05) is 19.0 Å². The average Bonchev–Trinajstić information content (AvgIpc) is 2.41. The molecule has 0 amide bonds. The van der Waals surface area contributed by atoms with Crippen LogP contribution in [0.25, 0.3) is 0 Å². The summed E-state index contributed by atoms with van der Waals surface area (Å²) in [6.07, 6.45) is 3.63. The molecule has 2 rings (SSSR count). The van der Waals surface area contributed by atoms with Gasteiger partial charge in [0.1, 0.15) is 10.7 Å². The molecule has 0 spiro atoms. The number of anilines is 1. The minimum absolute atomic E-state index is 0.243. The van der Waals surface area contributed by atoms with E-state index in [1.807, 2.05) is 0 Å². The number of rotatable bonds is 5. The van der Waals surface area contributed by atoms with Crippen LogP contribution in [-0.2, 0) is 16.3 Å². The summed E-state index contributed by atoms with van der Waals surface area (Å²) in [5.74, 6) is 0.424. The SMILES string of the molecule is Cc1cc(C)c(CCNc2ncccc2S(C)(=O)=O)c(C)c1. The molecule has 0 atom stereocenters. The van der Waals surface area contributed by atoms with E-state index in [0.29, 0.717) is 12.4 Å². The maximum Gasteiger partial charge on any atom is 0.179 e. The number of hydrogen-bond donors (Lipinski definition) is 1. The van der Waals surface area contributed by atoms with Gasteiger partial charge in [-0.2, -0.15) is 0 Å². The van der Waals surface area contributed by atoms with Crippen LogP contribution in [0.4, 0.5) is 5.82 Å². The quantitative estimate of drug-likeness (QED) is 0.920. The predicted molar refractivity (Wildman–Crippen MR) is 90.2 cm³/mol. The Kier molecular flexibility index (Phi) is 4.86. The summed E-state index contributed by atoms with van der Waals surface area (Å²) in [7, 11) is -3.28.